The summed E-state index contributed by atoms with van der Waals surface area (Å²) in [5.74, 6) is -0.443. The molecule has 0 saturated heterocycles. The fourth-order valence-electron chi connectivity index (χ4n) is 2.95. The number of ether oxygens (including phenoxy) is 1. The molecule has 2 heterocycles. The van der Waals surface area contributed by atoms with Crippen molar-refractivity contribution in [1.82, 2.24) is 30.3 Å². The third kappa shape index (κ3) is 3.88. The minimum Gasteiger partial charge on any atom is -0.496 e. The van der Waals surface area contributed by atoms with E-state index in [4.69, 9.17) is 4.74 Å². The molecule has 0 aliphatic heterocycles. The zero-order valence-electron chi connectivity index (χ0n) is 15.9. The molecule has 0 aliphatic carbocycles. The summed E-state index contributed by atoms with van der Waals surface area (Å²) in [5, 5.41) is 10.5. The lowest BCUT2D eigenvalue weighted by Gasteiger charge is -2.09. The smallest absolute Gasteiger partial charge is 0.287 e. The molecular weight excluding hydrogens is 391 g/mol. The summed E-state index contributed by atoms with van der Waals surface area (Å²) in [6, 6.07) is 13.1. The number of carbonyl (C=O) groups excluding carboxylic acids is 1. The van der Waals surface area contributed by atoms with E-state index in [9.17, 15) is 14.0 Å². The highest BCUT2D eigenvalue weighted by Gasteiger charge is 2.17. The first-order valence-electron chi connectivity index (χ1n) is 9.03. The molecule has 0 spiro atoms. The van der Waals surface area contributed by atoms with Crippen molar-refractivity contribution >= 4 is 17.1 Å². The van der Waals surface area contributed by atoms with E-state index in [2.05, 4.69) is 25.6 Å². The Morgan fingerprint density at radius 2 is 1.97 bits per heavy atom. The third-order valence-electron chi connectivity index (χ3n) is 4.47. The number of H-pyrrole nitrogens is 1. The van der Waals surface area contributed by atoms with Gasteiger partial charge in [0.15, 0.2) is 11.2 Å². The average molecular weight is 408 g/mol. The summed E-state index contributed by atoms with van der Waals surface area (Å²) in [7, 11) is 1.54. The van der Waals surface area contributed by atoms with Crippen LogP contribution in [0.25, 0.3) is 11.2 Å². The second-order valence-electron chi connectivity index (χ2n) is 6.45. The Kier molecular flexibility index (Phi) is 5.21. The predicted molar refractivity (Wildman–Crippen MR) is 106 cm³/mol. The molecular formula is C20H17FN6O3. The molecule has 0 saturated carbocycles. The maximum atomic E-state index is 13.1. The van der Waals surface area contributed by atoms with Gasteiger partial charge in [0.05, 0.1) is 13.7 Å². The van der Waals surface area contributed by atoms with E-state index in [0.29, 0.717) is 5.75 Å². The zero-order chi connectivity index (χ0) is 21.1. The van der Waals surface area contributed by atoms with Crippen molar-refractivity contribution in [2.24, 2.45) is 0 Å². The van der Waals surface area contributed by atoms with Crippen LogP contribution in [0, 0.1) is 5.82 Å². The van der Waals surface area contributed by atoms with Crippen LogP contribution in [-0.2, 0) is 13.1 Å². The van der Waals surface area contributed by atoms with Gasteiger partial charge in [-0.25, -0.2) is 14.1 Å². The molecule has 30 heavy (non-hydrogen) atoms. The van der Waals surface area contributed by atoms with Gasteiger partial charge in [-0.1, -0.05) is 35.5 Å². The minimum atomic E-state index is -0.576. The van der Waals surface area contributed by atoms with Gasteiger partial charge in [-0.3, -0.25) is 9.59 Å². The Balaban J connectivity index is 1.59. The number of aromatic nitrogens is 5. The first-order chi connectivity index (χ1) is 14.5. The Hall–Kier alpha value is -4.08. The molecule has 0 bridgehead atoms. The number of amides is 1. The van der Waals surface area contributed by atoms with Gasteiger partial charge < -0.3 is 15.0 Å². The fraction of sp³-hybridized carbons (Fsp3) is 0.150. The highest BCUT2D eigenvalue weighted by molar-refractivity contribution is 5.91. The molecule has 0 atom stereocenters. The first-order valence-corrected chi connectivity index (χ1v) is 9.03. The van der Waals surface area contributed by atoms with Crippen molar-refractivity contribution in [2.45, 2.75) is 13.1 Å². The number of para-hydroxylation sites is 1. The van der Waals surface area contributed by atoms with Crippen molar-refractivity contribution in [1.29, 1.82) is 0 Å². The largest absolute Gasteiger partial charge is 0.496 e. The molecule has 9 nitrogen and oxygen atoms in total. The number of hydrogen-bond donors (Lipinski definition) is 2. The Bertz CT molecular complexity index is 1270. The van der Waals surface area contributed by atoms with Gasteiger partial charge >= 0.3 is 0 Å². The maximum absolute atomic E-state index is 13.1. The molecule has 2 aromatic carbocycles. The van der Waals surface area contributed by atoms with E-state index in [-0.39, 0.29) is 35.9 Å². The highest BCUT2D eigenvalue weighted by Crippen LogP contribution is 2.16. The van der Waals surface area contributed by atoms with Crippen LogP contribution >= 0.6 is 0 Å². The van der Waals surface area contributed by atoms with Gasteiger partial charge in [0.25, 0.3) is 11.5 Å². The number of methoxy groups -OCH3 is 1. The molecule has 0 aliphatic rings. The molecule has 0 unspecified atom stereocenters. The number of carbonyl (C=O) groups is 1. The van der Waals surface area contributed by atoms with Gasteiger partial charge in [-0.15, -0.1) is 5.10 Å². The molecule has 0 radical (unpaired) electrons. The highest BCUT2D eigenvalue weighted by atomic mass is 19.1. The van der Waals surface area contributed by atoms with Crippen molar-refractivity contribution in [3.8, 4) is 5.75 Å². The van der Waals surface area contributed by atoms with Crippen LogP contribution in [0.3, 0.4) is 0 Å². The maximum Gasteiger partial charge on any atom is 0.287 e. The van der Waals surface area contributed by atoms with Crippen molar-refractivity contribution in [3.05, 3.63) is 81.7 Å². The normalized spacial score (nSPS) is 10.9. The average Bonchev–Trinajstić information content (AvgIpc) is 3.17. The van der Waals surface area contributed by atoms with Gasteiger partial charge in [-0.05, 0) is 23.8 Å². The third-order valence-corrected chi connectivity index (χ3v) is 4.47. The Morgan fingerprint density at radius 3 is 2.73 bits per heavy atom. The van der Waals surface area contributed by atoms with E-state index in [1.807, 2.05) is 18.2 Å². The molecule has 2 N–H and O–H groups in total. The quantitative estimate of drug-likeness (QED) is 0.501. The molecule has 152 valence electrons. The summed E-state index contributed by atoms with van der Waals surface area (Å²) >= 11 is 0. The number of rotatable bonds is 6. The standard InChI is InChI=1S/C20H17FN6O3/c1-30-15-5-3-2-4-13(15)10-22-20(29)17-23-18-16(19(28)24-17)25-26-27(18)11-12-6-8-14(21)9-7-12/h2-9H,10-11H2,1H3,(H,22,29)(H,23,24,28). The van der Waals surface area contributed by atoms with Gasteiger partial charge in [0, 0.05) is 12.1 Å². The van der Waals surface area contributed by atoms with Crippen LogP contribution in [-0.4, -0.2) is 38.0 Å². The van der Waals surface area contributed by atoms with E-state index in [1.54, 1.807) is 25.3 Å². The first kappa shape index (κ1) is 19.2. The summed E-state index contributed by atoms with van der Waals surface area (Å²) in [6.45, 7) is 0.410. The van der Waals surface area contributed by atoms with Crippen LogP contribution in [0.4, 0.5) is 4.39 Å². The summed E-state index contributed by atoms with van der Waals surface area (Å²) in [4.78, 5) is 31.5. The number of hydrogen-bond acceptors (Lipinski definition) is 6. The molecule has 0 fully saturated rings. The molecule has 1 amide bonds. The van der Waals surface area contributed by atoms with E-state index in [0.717, 1.165) is 11.1 Å². The Labute approximate surface area is 169 Å². The van der Waals surface area contributed by atoms with Crippen molar-refractivity contribution < 1.29 is 13.9 Å². The van der Waals surface area contributed by atoms with Crippen LogP contribution in [0.2, 0.25) is 0 Å². The SMILES string of the molecule is COc1ccccc1CNC(=O)c1nc2c(nnn2Cc2ccc(F)cc2)c(=O)[nH]1. The summed E-state index contributed by atoms with van der Waals surface area (Å²) in [5.41, 5.74) is 1.11. The lowest BCUT2D eigenvalue weighted by atomic mass is 10.2. The Morgan fingerprint density at radius 1 is 1.20 bits per heavy atom. The number of nitrogens with zero attached hydrogens (tertiary/aromatic N) is 4. The molecule has 2 aromatic heterocycles. The number of fused-ring (bicyclic) bond motifs is 1. The van der Waals surface area contributed by atoms with Crippen LogP contribution in [0.5, 0.6) is 5.75 Å². The van der Waals surface area contributed by atoms with E-state index >= 15 is 0 Å². The summed E-state index contributed by atoms with van der Waals surface area (Å²) in [6.07, 6.45) is 0. The number of halogens is 1. The second-order valence-corrected chi connectivity index (χ2v) is 6.45. The van der Waals surface area contributed by atoms with Crippen LogP contribution in [0.15, 0.2) is 53.3 Å². The van der Waals surface area contributed by atoms with Crippen molar-refractivity contribution in [3.63, 3.8) is 0 Å². The second kappa shape index (κ2) is 8.11. The monoisotopic (exact) mass is 408 g/mol. The summed E-state index contributed by atoms with van der Waals surface area (Å²) < 4.78 is 19.8. The predicted octanol–water partition coefficient (Wildman–Crippen LogP) is 1.64. The number of benzene rings is 2. The van der Waals surface area contributed by atoms with Gasteiger partial charge in [0.2, 0.25) is 5.82 Å². The van der Waals surface area contributed by atoms with Gasteiger partial charge in [0.1, 0.15) is 11.6 Å². The van der Waals surface area contributed by atoms with Crippen molar-refractivity contribution in [2.75, 3.05) is 7.11 Å². The molecule has 10 heteroatoms. The number of aromatic amines is 1. The number of nitrogens with one attached hydrogen (secondary N) is 2. The fourth-order valence-corrected chi connectivity index (χ4v) is 2.95. The van der Waals surface area contributed by atoms with Crippen LogP contribution in [0.1, 0.15) is 21.7 Å². The minimum absolute atomic E-state index is 0.0124. The topological polar surface area (TPSA) is 115 Å². The van der Waals surface area contributed by atoms with Gasteiger partial charge in [-0.2, -0.15) is 0 Å². The molecule has 4 aromatic rings. The lowest BCUT2D eigenvalue weighted by molar-refractivity contribution is 0.0940. The van der Waals surface area contributed by atoms with Crippen LogP contribution < -0.4 is 15.6 Å². The molecule has 4 rings (SSSR count). The lowest BCUT2D eigenvalue weighted by Crippen LogP contribution is -2.28. The zero-order valence-corrected chi connectivity index (χ0v) is 15.9. The van der Waals surface area contributed by atoms with E-state index in [1.165, 1.54) is 16.8 Å². The van der Waals surface area contributed by atoms with E-state index < -0.39 is 11.5 Å².